The van der Waals surface area contributed by atoms with Crippen molar-refractivity contribution in [3.8, 4) is 0 Å². The molecule has 0 saturated carbocycles. The zero-order valence-corrected chi connectivity index (χ0v) is 12.2. The van der Waals surface area contributed by atoms with Crippen LogP contribution in [0.5, 0.6) is 0 Å². The van der Waals surface area contributed by atoms with Gasteiger partial charge < -0.3 is 14.7 Å². The van der Waals surface area contributed by atoms with E-state index < -0.39 is 5.60 Å². The largest absolute Gasteiger partial charge is 0.444 e. The lowest BCUT2D eigenvalue weighted by molar-refractivity contribution is 0.0174. The lowest BCUT2D eigenvalue weighted by Gasteiger charge is -2.27. The zero-order chi connectivity index (χ0) is 14.8. The fraction of sp³-hybridized carbons (Fsp3) is 0.600. The highest BCUT2D eigenvalue weighted by Crippen LogP contribution is 2.32. The molecular weight excluding hydrogens is 256 g/mol. The molecule has 2 rings (SSSR count). The fourth-order valence-electron chi connectivity index (χ4n) is 2.49. The molecule has 1 N–H and O–H groups in total. The van der Waals surface area contributed by atoms with Crippen molar-refractivity contribution in [2.75, 3.05) is 13.2 Å². The van der Waals surface area contributed by atoms with E-state index >= 15 is 0 Å². The van der Waals surface area contributed by atoms with E-state index in [1.165, 1.54) is 0 Å². The Labute approximate surface area is 119 Å². The van der Waals surface area contributed by atoms with Crippen LogP contribution in [-0.4, -0.2) is 45.9 Å². The van der Waals surface area contributed by atoms with Gasteiger partial charge in [0.25, 0.3) is 0 Å². The summed E-state index contributed by atoms with van der Waals surface area (Å²) in [6.07, 6.45) is 3.93. The predicted octanol–water partition coefficient (Wildman–Crippen LogP) is 2.17. The number of aliphatic hydroxyl groups excluding tert-OH is 1. The van der Waals surface area contributed by atoms with Crippen LogP contribution in [-0.2, 0) is 4.74 Å². The molecule has 110 valence electrons. The van der Waals surface area contributed by atoms with Gasteiger partial charge >= 0.3 is 6.09 Å². The first-order chi connectivity index (χ1) is 9.40. The minimum Gasteiger partial charge on any atom is -0.444 e. The minimum atomic E-state index is -0.524. The molecule has 5 heteroatoms. The number of aliphatic hydroxyl groups is 1. The van der Waals surface area contributed by atoms with Crippen molar-refractivity contribution >= 4 is 6.09 Å². The van der Waals surface area contributed by atoms with E-state index in [0.29, 0.717) is 6.54 Å². The summed E-state index contributed by atoms with van der Waals surface area (Å²) < 4.78 is 5.40. The molecule has 1 aromatic rings. The molecule has 0 aromatic carbocycles. The summed E-state index contributed by atoms with van der Waals surface area (Å²) in [7, 11) is 0. The number of ether oxygens (including phenoxy) is 1. The lowest BCUT2D eigenvalue weighted by Crippen LogP contribution is -2.41. The summed E-state index contributed by atoms with van der Waals surface area (Å²) >= 11 is 0. The van der Waals surface area contributed by atoms with Crippen LogP contribution in [0, 0.1) is 0 Å². The van der Waals surface area contributed by atoms with Gasteiger partial charge in [-0.2, -0.15) is 0 Å². The van der Waals surface area contributed by atoms with Crippen LogP contribution in [0.25, 0.3) is 0 Å². The second-order valence-corrected chi connectivity index (χ2v) is 6.19. The Kier molecular flexibility index (Phi) is 4.28. The Morgan fingerprint density at radius 1 is 1.55 bits per heavy atom. The molecule has 2 heterocycles. The number of rotatable bonds is 2. The third kappa shape index (κ3) is 3.48. The van der Waals surface area contributed by atoms with Gasteiger partial charge in [-0.3, -0.25) is 4.98 Å². The van der Waals surface area contributed by atoms with Crippen LogP contribution in [0.2, 0.25) is 0 Å². The van der Waals surface area contributed by atoms with Gasteiger partial charge in [0, 0.05) is 24.9 Å². The van der Waals surface area contributed by atoms with Gasteiger partial charge in [-0.25, -0.2) is 4.79 Å². The van der Waals surface area contributed by atoms with Crippen LogP contribution in [0.15, 0.2) is 24.5 Å². The Bertz CT molecular complexity index is 456. The van der Waals surface area contributed by atoms with E-state index in [-0.39, 0.29) is 24.7 Å². The average Bonchev–Trinajstić information content (AvgIpc) is 2.82. The summed E-state index contributed by atoms with van der Waals surface area (Å²) in [6, 6.07) is 3.71. The fourth-order valence-corrected chi connectivity index (χ4v) is 2.49. The highest BCUT2D eigenvalue weighted by molar-refractivity contribution is 5.69. The SMILES string of the molecule is CC(C)(C)OC(=O)N1CC(c2cccnc2)C[C@@H]1CO. The van der Waals surface area contributed by atoms with E-state index in [2.05, 4.69) is 4.98 Å². The molecule has 1 fully saturated rings. The Morgan fingerprint density at radius 2 is 2.30 bits per heavy atom. The maximum atomic E-state index is 12.2. The number of hydrogen-bond acceptors (Lipinski definition) is 4. The number of carbonyl (C=O) groups is 1. The van der Waals surface area contributed by atoms with Crippen molar-refractivity contribution < 1.29 is 14.6 Å². The van der Waals surface area contributed by atoms with Crippen molar-refractivity contribution in [2.45, 2.75) is 44.8 Å². The maximum absolute atomic E-state index is 12.2. The van der Waals surface area contributed by atoms with Crippen molar-refractivity contribution in [3.05, 3.63) is 30.1 Å². The van der Waals surface area contributed by atoms with Crippen molar-refractivity contribution in [3.63, 3.8) is 0 Å². The number of carbonyl (C=O) groups excluding carboxylic acids is 1. The molecule has 0 spiro atoms. The highest BCUT2D eigenvalue weighted by Gasteiger charge is 2.37. The van der Waals surface area contributed by atoms with Crippen molar-refractivity contribution in [1.29, 1.82) is 0 Å². The minimum absolute atomic E-state index is 0.0456. The monoisotopic (exact) mass is 278 g/mol. The number of amides is 1. The zero-order valence-electron chi connectivity index (χ0n) is 12.2. The van der Waals surface area contributed by atoms with E-state index in [0.717, 1.165) is 12.0 Å². The molecule has 1 aliphatic rings. The van der Waals surface area contributed by atoms with Gasteiger partial charge in [-0.05, 0) is 38.8 Å². The predicted molar refractivity (Wildman–Crippen MR) is 75.4 cm³/mol. The van der Waals surface area contributed by atoms with E-state index in [1.807, 2.05) is 39.1 Å². The van der Waals surface area contributed by atoms with Crippen LogP contribution >= 0.6 is 0 Å². The highest BCUT2D eigenvalue weighted by atomic mass is 16.6. The van der Waals surface area contributed by atoms with Gasteiger partial charge in [-0.1, -0.05) is 6.07 Å². The summed E-state index contributed by atoms with van der Waals surface area (Å²) in [5.74, 6) is 0.202. The number of pyridine rings is 1. The molecule has 0 bridgehead atoms. The second-order valence-electron chi connectivity index (χ2n) is 6.19. The van der Waals surface area contributed by atoms with Gasteiger partial charge in [0.2, 0.25) is 0 Å². The standard InChI is InChI=1S/C15H22N2O3/c1-15(2,3)20-14(19)17-9-12(7-13(17)10-18)11-5-4-6-16-8-11/h4-6,8,12-13,18H,7,9-10H2,1-3H3/t12?,13-/m1/s1. The molecular formula is C15H22N2O3. The molecule has 0 radical (unpaired) electrons. The summed E-state index contributed by atoms with van der Waals surface area (Å²) in [5, 5.41) is 9.48. The van der Waals surface area contributed by atoms with Crippen molar-refractivity contribution in [2.24, 2.45) is 0 Å². The quantitative estimate of drug-likeness (QED) is 0.900. The first-order valence-electron chi connectivity index (χ1n) is 6.91. The smallest absolute Gasteiger partial charge is 0.410 e. The van der Waals surface area contributed by atoms with Crippen LogP contribution in [0.1, 0.15) is 38.7 Å². The number of aromatic nitrogens is 1. The molecule has 1 aliphatic heterocycles. The van der Waals surface area contributed by atoms with Gasteiger partial charge in [0.1, 0.15) is 5.60 Å². The summed E-state index contributed by atoms with van der Waals surface area (Å²) in [5.41, 5.74) is 0.570. The molecule has 0 aliphatic carbocycles. The number of nitrogens with zero attached hydrogens (tertiary/aromatic N) is 2. The topological polar surface area (TPSA) is 62.7 Å². The van der Waals surface area contributed by atoms with E-state index in [1.54, 1.807) is 11.1 Å². The molecule has 1 unspecified atom stereocenters. The average molecular weight is 278 g/mol. The first-order valence-corrected chi connectivity index (χ1v) is 6.91. The third-order valence-corrected chi connectivity index (χ3v) is 3.41. The first kappa shape index (κ1) is 14.8. The van der Waals surface area contributed by atoms with Crippen LogP contribution < -0.4 is 0 Å². The Hall–Kier alpha value is -1.62. The molecule has 5 nitrogen and oxygen atoms in total. The maximum Gasteiger partial charge on any atom is 0.410 e. The van der Waals surface area contributed by atoms with Crippen molar-refractivity contribution in [1.82, 2.24) is 9.88 Å². The van der Waals surface area contributed by atoms with E-state index in [9.17, 15) is 9.90 Å². The summed E-state index contributed by atoms with van der Waals surface area (Å²) in [4.78, 5) is 17.9. The van der Waals surface area contributed by atoms with Crippen LogP contribution in [0.3, 0.4) is 0 Å². The number of hydrogen-bond donors (Lipinski definition) is 1. The molecule has 2 atom stereocenters. The second kappa shape index (κ2) is 5.79. The van der Waals surface area contributed by atoms with Gasteiger partial charge in [0.15, 0.2) is 0 Å². The molecule has 1 aromatic heterocycles. The Morgan fingerprint density at radius 3 is 2.85 bits per heavy atom. The lowest BCUT2D eigenvalue weighted by atomic mass is 9.98. The summed E-state index contributed by atoms with van der Waals surface area (Å²) in [6.45, 7) is 6.04. The number of likely N-dealkylation sites (tertiary alicyclic amines) is 1. The molecule has 1 saturated heterocycles. The van der Waals surface area contributed by atoms with Gasteiger partial charge in [0.05, 0.1) is 12.6 Å². The third-order valence-electron chi connectivity index (χ3n) is 3.41. The normalized spacial score (nSPS) is 22.9. The Balaban J connectivity index is 2.09. The van der Waals surface area contributed by atoms with Gasteiger partial charge in [-0.15, -0.1) is 0 Å². The van der Waals surface area contributed by atoms with E-state index in [4.69, 9.17) is 4.74 Å². The van der Waals surface area contributed by atoms with Crippen LogP contribution in [0.4, 0.5) is 4.79 Å². The molecule has 1 amide bonds. The molecule has 20 heavy (non-hydrogen) atoms.